The van der Waals surface area contributed by atoms with Crippen LogP contribution in [-0.4, -0.2) is 42.2 Å². The maximum absolute atomic E-state index is 12.4. The number of amides is 1. The fourth-order valence-corrected chi connectivity index (χ4v) is 2.60. The number of aliphatic hydroxyl groups is 1. The fourth-order valence-electron chi connectivity index (χ4n) is 1.98. The van der Waals surface area contributed by atoms with E-state index in [4.69, 9.17) is 0 Å². The summed E-state index contributed by atoms with van der Waals surface area (Å²) in [6, 6.07) is 9.62. The summed E-state index contributed by atoms with van der Waals surface area (Å²) in [7, 11) is 1.71. The Labute approximate surface area is 128 Å². The molecule has 1 heterocycles. The van der Waals surface area contributed by atoms with E-state index in [1.165, 1.54) is 11.3 Å². The van der Waals surface area contributed by atoms with Crippen molar-refractivity contribution in [2.24, 2.45) is 0 Å². The Morgan fingerprint density at radius 2 is 2.10 bits per heavy atom. The summed E-state index contributed by atoms with van der Waals surface area (Å²) in [4.78, 5) is 19.9. The first-order chi connectivity index (χ1) is 10.1. The molecule has 0 unspecified atom stereocenters. The monoisotopic (exact) mass is 305 g/mol. The summed E-state index contributed by atoms with van der Waals surface area (Å²) in [5.74, 6) is -0.0607. The molecule has 0 aliphatic rings. The molecule has 1 amide bonds. The molecule has 0 radical (unpaired) electrons. The molecule has 21 heavy (non-hydrogen) atoms. The Hall–Kier alpha value is -1.92. The van der Waals surface area contributed by atoms with Crippen LogP contribution in [0.3, 0.4) is 0 Å². The standard InChI is InChI=1S/C15H19N3O2S/c1-12(19)10-18(13-6-4-3-5-7-13)11-14(20)17(2)15-16-8-9-21-15/h3-9,12,19H,10-11H2,1-2H3/t12-/m0/s1. The molecule has 0 spiro atoms. The first-order valence-corrected chi connectivity index (χ1v) is 7.60. The Bertz CT molecular complexity index is 558. The van der Waals surface area contributed by atoms with Gasteiger partial charge in [-0.05, 0) is 19.1 Å². The van der Waals surface area contributed by atoms with Crippen LogP contribution in [0.15, 0.2) is 41.9 Å². The van der Waals surface area contributed by atoms with Crippen LogP contribution in [0.1, 0.15) is 6.92 Å². The second kappa shape index (κ2) is 7.19. The zero-order chi connectivity index (χ0) is 15.2. The van der Waals surface area contributed by atoms with E-state index in [0.29, 0.717) is 11.7 Å². The minimum Gasteiger partial charge on any atom is -0.392 e. The number of rotatable bonds is 6. The topological polar surface area (TPSA) is 56.7 Å². The second-order valence-corrected chi connectivity index (χ2v) is 5.71. The van der Waals surface area contributed by atoms with Crippen molar-refractivity contribution in [1.82, 2.24) is 4.98 Å². The van der Waals surface area contributed by atoms with E-state index >= 15 is 0 Å². The number of nitrogens with zero attached hydrogens (tertiary/aromatic N) is 3. The van der Waals surface area contributed by atoms with E-state index in [9.17, 15) is 9.90 Å². The molecule has 5 nitrogen and oxygen atoms in total. The van der Waals surface area contributed by atoms with Gasteiger partial charge in [0.2, 0.25) is 5.91 Å². The van der Waals surface area contributed by atoms with Crippen LogP contribution in [0, 0.1) is 0 Å². The number of aromatic nitrogens is 1. The highest BCUT2D eigenvalue weighted by molar-refractivity contribution is 7.13. The molecule has 112 valence electrons. The van der Waals surface area contributed by atoms with Gasteiger partial charge in [-0.2, -0.15) is 0 Å². The number of likely N-dealkylation sites (N-methyl/N-ethyl adjacent to an activating group) is 1. The predicted octanol–water partition coefficient (Wildman–Crippen LogP) is 1.99. The molecule has 0 aliphatic carbocycles. The van der Waals surface area contributed by atoms with Crippen LogP contribution in [0.25, 0.3) is 0 Å². The van der Waals surface area contributed by atoms with Gasteiger partial charge in [0.25, 0.3) is 0 Å². The third-order valence-corrected chi connectivity index (χ3v) is 3.86. The lowest BCUT2D eigenvalue weighted by Crippen LogP contribution is -2.41. The molecule has 1 aromatic heterocycles. The van der Waals surface area contributed by atoms with Crippen molar-refractivity contribution in [3.63, 3.8) is 0 Å². The first-order valence-electron chi connectivity index (χ1n) is 6.72. The molecular weight excluding hydrogens is 286 g/mol. The third-order valence-electron chi connectivity index (χ3n) is 3.01. The summed E-state index contributed by atoms with van der Waals surface area (Å²) >= 11 is 1.42. The lowest BCUT2D eigenvalue weighted by Gasteiger charge is -2.27. The van der Waals surface area contributed by atoms with Crippen LogP contribution in [0.4, 0.5) is 10.8 Å². The molecular formula is C15H19N3O2S. The first kappa shape index (κ1) is 15.5. The van der Waals surface area contributed by atoms with E-state index in [1.54, 1.807) is 25.1 Å². The molecule has 0 saturated heterocycles. The van der Waals surface area contributed by atoms with E-state index in [0.717, 1.165) is 5.69 Å². The number of aliphatic hydroxyl groups excluding tert-OH is 1. The minimum absolute atomic E-state index is 0.0607. The van der Waals surface area contributed by atoms with Gasteiger partial charge in [0.1, 0.15) is 0 Å². The van der Waals surface area contributed by atoms with Crippen molar-refractivity contribution in [3.05, 3.63) is 41.9 Å². The van der Waals surface area contributed by atoms with Gasteiger partial charge in [0.15, 0.2) is 5.13 Å². The van der Waals surface area contributed by atoms with Gasteiger partial charge in [0, 0.05) is 30.9 Å². The van der Waals surface area contributed by atoms with Crippen LogP contribution in [0.2, 0.25) is 0 Å². The Kier molecular flexibility index (Phi) is 5.30. The van der Waals surface area contributed by atoms with Crippen molar-refractivity contribution in [3.8, 4) is 0 Å². The highest BCUT2D eigenvalue weighted by Crippen LogP contribution is 2.18. The van der Waals surface area contributed by atoms with Crippen molar-refractivity contribution in [2.75, 3.05) is 29.9 Å². The number of thiazole rings is 1. The molecule has 0 bridgehead atoms. The largest absolute Gasteiger partial charge is 0.392 e. The summed E-state index contributed by atoms with van der Waals surface area (Å²) in [5, 5.41) is 12.2. The third kappa shape index (κ3) is 4.27. The van der Waals surface area contributed by atoms with Crippen molar-refractivity contribution < 1.29 is 9.90 Å². The van der Waals surface area contributed by atoms with Crippen LogP contribution in [0.5, 0.6) is 0 Å². The fraction of sp³-hybridized carbons (Fsp3) is 0.333. The van der Waals surface area contributed by atoms with Crippen LogP contribution in [-0.2, 0) is 4.79 Å². The van der Waals surface area contributed by atoms with Gasteiger partial charge in [-0.3, -0.25) is 9.69 Å². The van der Waals surface area contributed by atoms with E-state index < -0.39 is 6.10 Å². The second-order valence-electron chi connectivity index (χ2n) is 4.83. The van der Waals surface area contributed by atoms with Crippen molar-refractivity contribution in [1.29, 1.82) is 0 Å². The number of anilines is 2. The van der Waals surface area contributed by atoms with Gasteiger partial charge in [0.05, 0.1) is 12.6 Å². The predicted molar refractivity (Wildman–Crippen MR) is 85.9 cm³/mol. The summed E-state index contributed by atoms with van der Waals surface area (Å²) in [5.41, 5.74) is 0.916. The van der Waals surface area contributed by atoms with E-state index in [2.05, 4.69) is 4.98 Å². The number of hydrogen-bond donors (Lipinski definition) is 1. The molecule has 0 saturated carbocycles. The normalized spacial score (nSPS) is 12.0. The average molecular weight is 305 g/mol. The number of hydrogen-bond acceptors (Lipinski definition) is 5. The lowest BCUT2D eigenvalue weighted by atomic mass is 10.2. The van der Waals surface area contributed by atoms with Crippen LogP contribution >= 0.6 is 11.3 Å². The highest BCUT2D eigenvalue weighted by Gasteiger charge is 2.18. The number of benzene rings is 1. The Balaban J connectivity index is 2.10. The Morgan fingerprint density at radius 1 is 1.38 bits per heavy atom. The Morgan fingerprint density at radius 3 is 2.67 bits per heavy atom. The summed E-state index contributed by atoms with van der Waals surface area (Å²) in [6.07, 6.45) is 1.16. The molecule has 1 aromatic carbocycles. The maximum Gasteiger partial charge on any atom is 0.248 e. The van der Waals surface area contributed by atoms with Crippen LogP contribution < -0.4 is 9.80 Å². The number of carbonyl (C=O) groups is 1. The summed E-state index contributed by atoms with van der Waals surface area (Å²) in [6.45, 7) is 2.32. The SMILES string of the molecule is C[C@H](O)CN(CC(=O)N(C)c1nccs1)c1ccccc1. The molecule has 2 rings (SSSR count). The number of para-hydroxylation sites is 1. The van der Waals surface area contributed by atoms with E-state index in [1.807, 2.05) is 40.6 Å². The molecule has 6 heteroatoms. The maximum atomic E-state index is 12.4. The highest BCUT2D eigenvalue weighted by atomic mass is 32.1. The average Bonchev–Trinajstić information content (AvgIpc) is 3.00. The van der Waals surface area contributed by atoms with E-state index in [-0.39, 0.29) is 12.5 Å². The quantitative estimate of drug-likeness (QED) is 0.887. The molecule has 0 fully saturated rings. The van der Waals surface area contributed by atoms with Gasteiger partial charge < -0.3 is 10.0 Å². The van der Waals surface area contributed by atoms with Gasteiger partial charge in [-0.1, -0.05) is 18.2 Å². The van der Waals surface area contributed by atoms with Crippen molar-refractivity contribution >= 4 is 28.1 Å². The van der Waals surface area contributed by atoms with Gasteiger partial charge in [-0.25, -0.2) is 4.98 Å². The molecule has 1 atom stereocenters. The molecule has 1 N–H and O–H groups in total. The molecule has 2 aromatic rings. The zero-order valence-electron chi connectivity index (χ0n) is 12.1. The minimum atomic E-state index is -0.511. The smallest absolute Gasteiger partial charge is 0.248 e. The van der Waals surface area contributed by atoms with Gasteiger partial charge in [-0.15, -0.1) is 11.3 Å². The summed E-state index contributed by atoms with van der Waals surface area (Å²) < 4.78 is 0. The lowest BCUT2D eigenvalue weighted by molar-refractivity contribution is -0.117. The molecule has 0 aliphatic heterocycles. The van der Waals surface area contributed by atoms with Crippen molar-refractivity contribution in [2.45, 2.75) is 13.0 Å². The van der Waals surface area contributed by atoms with Gasteiger partial charge >= 0.3 is 0 Å². The number of carbonyl (C=O) groups excluding carboxylic acids is 1. The zero-order valence-corrected chi connectivity index (χ0v) is 13.0.